The van der Waals surface area contributed by atoms with Gasteiger partial charge < -0.3 is 10.4 Å². The summed E-state index contributed by atoms with van der Waals surface area (Å²) in [6, 6.07) is 8.05. The minimum atomic E-state index is -0.794. The van der Waals surface area contributed by atoms with Crippen molar-refractivity contribution in [2.75, 3.05) is 19.6 Å². The molecule has 1 unspecified atom stereocenters. The van der Waals surface area contributed by atoms with Gasteiger partial charge in [-0.1, -0.05) is 31.2 Å². The van der Waals surface area contributed by atoms with Crippen molar-refractivity contribution >= 4 is 5.91 Å². The molecule has 0 spiro atoms. The standard InChI is InChI=1S/C17H28N2O2/c1-6-19(12-17(4,5)21)11-16(20)18-14(3)15-10-8-7-9-13(15)2/h7-10,14,21H,6,11-12H2,1-5H3,(H,18,20). The highest BCUT2D eigenvalue weighted by molar-refractivity contribution is 5.78. The summed E-state index contributed by atoms with van der Waals surface area (Å²) in [4.78, 5) is 14.1. The molecule has 4 nitrogen and oxygen atoms in total. The number of aliphatic hydroxyl groups is 1. The molecule has 1 amide bonds. The van der Waals surface area contributed by atoms with Gasteiger partial charge in [-0.05, 0) is 45.4 Å². The van der Waals surface area contributed by atoms with E-state index in [1.165, 1.54) is 5.56 Å². The number of likely N-dealkylation sites (N-methyl/N-ethyl adjacent to an activating group) is 1. The van der Waals surface area contributed by atoms with Gasteiger partial charge in [0, 0.05) is 6.54 Å². The van der Waals surface area contributed by atoms with Crippen LogP contribution < -0.4 is 5.32 Å². The summed E-state index contributed by atoms with van der Waals surface area (Å²) in [6.45, 7) is 11.1. The van der Waals surface area contributed by atoms with Gasteiger partial charge in [-0.15, -0.1) is 0 Å². The number of nitrogens with zero attached hydrogens (tertiary/aromatic N) is 1. The van der Waals surface area contributed by atoms with Gasteiger partial charge in [0.05, 0.1) is 18.2 Å². The van der Waals surface area contributed by atoms with E-state index < -0.39 is 5.60 Å². The maximum Gasteiger partial charge on any atom is 0.234 e. The lowest BCUT2D eigenvalue weighted by atomic mass is 10.0. The van der Waals surface area contributed by atoms with Crippen molar-refractivity contribution in [1.29, 1.82) is 0 Å². The fraction of sp³-hybridized carbons (Fsp3) is 0.588. The lowest BCUT2D eigenvalue weighted by Gasteiger charge is -2.28. The summed E-state index contributed by atoms with van der Waals surface area (Å²) >= 11 is 0. The Balaban J connectivity index is 2.58. The summed E-state index contributed by atoms with van der Waals surface area (Å²) in [6.07, 6.45) is 0. The molecule has 1 aromatic rings. The molecule has 21 heavy (non-hydrogen) atoms. The minimum absolute atomic E-state index is 0.0143. The number of hydrogen-bond acceptors (Lipinski definition) is 3. The number of hydrogen-bond donors (Lipinski definition) is 2. The van der Waals surface area contributed by atoms with Crippen molar-refractivity contribution < 1.29 is 9.90 Å². The van der Waals surface area contributed by atoms with Crippen LogP contribution in [0.25, 0.3) is 0 Å². The van der Waals surface area contributed by atoms with E-state index in [1.807, 2.05) is 49.9 Å². The van der Waals surface area contributed by atoms with Gasteiger partial charge in [0.25, 0.3) is 0 Å². The summed E-state index contributed by atoms with van der Waals surface area (Å²) < 4.78 is 0. The van der Waals surface area contributed by atoms with E-state index in [1.54, 1.807) is 13.8 Å². The molecule has 0 saturated carbocycles. The Bertz CT molecular complexity index is 466. The van der Waals surface area contributed by atoms with Crippen molar-refractivity contribution in [3.05, 3.63) is 35.4 Å². The molecule has 2 N–H and O–H groups in total. The van der Waals surface area contributed by atoms with Crippen LogP contribution in [-0.2, 0) is 4.79 Å². The van der Waals surface area contributed by atoms with Gasteiger partial charge in [-0.3, -0.25) is 9.69 Å². The Morgan fingerprint density at radius 3 is 2.52 bits per heavy atom. The van der Waals surface area contributed by atoms with Crippen molar-refractivity contribution in [3.8, 4) is 0 Å². The van der Waals surface area contributed by atoms with Crippen LogP contribution >= 0.6 is 0 Å². The number of benzene rings is 1. The Labute approximate surface area is 128 Å². The monoisotopic (exact) mass is 292 g/mol. The van der Waals surface area contributed by atoms with Crippen LogP contribution in [0.15, 0.2) is 24.3 Å². The molecule has 1 aromatic carbocycles. The second kappa shape index (κ2) is 7.57. The number of carbonyl (C=O) groups is 1. The first-order valence-electron chi connectivity index (χ1n) is 7.52. The highest BCUT2D eigenvalue weighted by atomic mass is 16.3. The smallest absolute Gasteiger partial charge is 0.234 e. The van der Waals surface area contributed by atoms with E-state index in [2.05, 4.69) is 5.32 Å². The molecule has 0 saturated heterocycles. The van der Waals surface area contributed by atoms with E-state index in [9.17, 15) is 9.90 Å². The van der Waals surface area contributed by atoms with Crippen LogP contribution in [0.3, 0.4) is 0 Å². The topological polar surface area (TPSA) is 52.6 Å². The second-order valence-electron chi connectivity index (χ2n) is 6.26. The highest BCUT2D eigenvalue weighted by Crippen LogP contribution is 2.16. The zero-order valence-electron chi connectivity index (χ0n) is 13.8. The zero-order valence-corrected chi connectivity index (χ0v) is 13.8. The summed E-state index contributed by atoms with van der Waals surface area (Å²) in [5.74, 6) is -0.0168. The lowest BCUT2D eigenvalue weighted by molar-refractivity contribution is -0.123. The third-order valence-corrected chi connectivity index (χ3v) is 3.46. The fourth-order valence-corrected chi connectivity index (χ4v) is 2.47. The quantitative estimate of drug-likeness (QED) is 0.810. The van der Waals surface area contributed by atoms with Crippen LogP contribution in [0.5, 0.6) is 0 Å². The first-order chi connectivity index (χ1) is 9.73. The number of rotatable bonds is 7. The van der Waals surface area contributed by atoms with Gasteiger partial charge in [0.1, 0.15) is 0 Å². The Morgan fingerprint density at radius 1 is 1.38 bits per heavy atom. The van der Waals surface area contributed by atoms with Crippen LogP contribution in [-0.4, -0.2) is 41.1 Å². The van der Waals surface area contributed by atoms with Crippen LogP contribution in [0.2, 0.25) is 0 Å². The molecule has 0 aliphatic heterocycles. The number of amides is 1. The lowest BCUT2D eigenvalue weighted by Crippen LogP contribution is -2.44. The van der Waals surface area contributed by atoms with E-state index in [4.69, 9.17) is 0 Å². The van der Waals surface area contributed by atoms with E-state index >= 15 is 0 Å². The molecule has 0 heterocycles. The van der Waals surface area contributed by atoms with E-state index in [-0.39, 0.29) is 11.9 Å². The highest BCUT2D eigenvalue weighted by Gasteiger charge is 2.20. The molecule has 0 radical (unpaired) electrons. The molecule has 118 valence electrons. The molecule has 4 heteroatoms. The maximum atomic E-state index is 12.2. The molecular weight excluding hydrogens is 264 g/mol. The molecule has 0 aromatic heterocycles. The van der Waals surface area contributed by atoms with Crippen molar-refractivity contribution in [2.45, 2.75) is 46.3 Å². The predicted molar refractivity (Wildman–Crippen MR) is 86.1 cm³/mol. The first kappa shape index (κ1) is 17.7. The molecule has 0 aliphatic carbocycles. The van der Waals surface area contributed by atoms with E-state index in [0.717, 1.165) is 12.1 Å². The molecule has 0 bridgehead atoms. The molecular formula is C17H28N2O2. The number of nitrogens with one attached hydrogen (secondary N) is 1. The average molecular weight is 292 g/mol. The van der Waals surface area contributed by atoms with Gasteiger partial charge in [0.15, 0.2) is 0 Å². The second-order valence-corrected chi connectivity index (χ2v) is 6.26. The largest absolute Gasteiger partial charge is 0.389 e. The van der Waals surface area contributed by atoms with Crippen molar-refractivity contribution in [3.63, 3.8) is 0 Å². The van der Waals surface area contributed by atoms with Gasteiger partial charge in [0.2, 0.25) is 5.91 Å². The van der Waals surface area contributed by atoms with Gasteiger partial charge >= 0.3 is 0 Å². The number of aryl methyl sites for hydroxylation is 1. The Morgan fingerprint density at radius 2 is 2.00 bits per heavy atom. The van der Waals surface area contributed by atoms with Crippen LogP contribution in [0.1, 0.15) is 44.9 Å². The summed E-state index contributed by atoms with van der Waals surface area (Å²) in [7, 11) is 0. The molecule has 1 atom stereocenters. The maximum absolute atomic E-state index is 12.2. The SMILES string of the molecule is CCN(CC(=O)NC(C)c1ccccc1C)CC(C)(C)O. The third kappa shape index (κ3) is 6.27. The summed E-state index contributed by atoms with van der Waals surface area (Å²) in [5.41, 5.74) is 1.52. The normalized spacial score (nSPS) is 13.3. The Hall–Kier alpha value is -1.39. The third-order valence-electron chi connectivity index (χ3n) is 3.46. The van der Waals surface area contributed by atoms with Crippen LogP contribution in [0, 0.1) is 6.92 Å². The minimum Gasteiger partial charge on any atom is -0.389 e. The molecule has 0 fully saturated rings. The number of carbonyl (C=O) groups excluding carboxylic acids is 1. The van der Waals surface area contributed by atoms with Crippen molar-refractivity contribution in [2.24, 2.45) is 0 Å². The van der Waals surface area contributed by atoms with Crippen LogP contribution in [0.4, 0.5) is 0 Å². The van der Waals surface area contributed by atoms with Crippen molar-refractivity contribution in [1.82, 2.24) is 10.2 Å². The summed E-state index contributed by atoms with van der Waals surface area (Å²) in [5, 5.41) is 12.9. The van der Waals surface area contributed by atoms with Gasteiger partial charge in [-0.2, -0.15) is 0 Å². The molecule has 0 aliphatic rings. The van der Waals surface area contributed by atoms with E-state index in [0.29, 0.717) is 13.1 Å². The fourth-order valence-electron chi connectivity index (χ4n) is 2.47. The predicted octanol–water partition coefficient (Wildman–Crippen LogP) is 2.27. The van der Waals surface area contributed by atoms with Gasteiger partial charge in [-0.25, -0.2) is 0 Å². The average Bonchev–Trinajstić information content (AvgIpc) is 2.36. The zero-order chi connectivity index (χ0) is 16.0. The Kier molecular flexibility index (Phi) is 6.37. The molecule has 1 rings (SSSR count). The first-order valence-corrected chi connectivity index (χ1v) is 7.52.